The Morgan fingerprint density at radius 2 is 1.96 bits per heavy atom. The molecule has 0 bridgehead atoms. The van der Waals surface area contributed by atoms with E-state index in [1.807, 2.05) is 35.0 Å². The zero-order valence-electron chi connectivity index (χ0n) is 14.0. The standard InChI is InChI=1S/C20H23N3O/c1-16-8-10-17(11-9-16)5-4-7-20(24)21-13-12-18-15-23-14-3-2-6-19(23)22-18/h2-3,6,8-11,14-15H,4-5,7,12-13H2,1H3,(H,21,24). The van der Waals surface area contributed by atoms with E-state index in [9.17, 15) is 4.79 Å². The van der Waals surface area contributed by atoms with Gasteiger partial charge in [0.15, 0.2) is 0 Å². The van der Waals surface area contributed by atoms with Crippen molar-refractivity contribution in [3.8, 4) is 0 Å². The van der Waals surface area contributed by atoms with Gasteiger partial charge in [0.25, 0.3) is 0 Å². The molecular formula is C20H23N3O. The summed E-state index contributed by atoms with van der Waals surface area (Å²) in [6.45, 7) is 2.72. The van der Waals surface area contributed by atoms with Crippen LogP contribution in [0.25, 0.3) is 5.65 Å². The van der Waals surface area contributed by atoms with E-state index in [1.165, 1.54) is 11.1 Å². The molecule has 1 amide bonds. The first-order chi connectivity index (χ1) is 11.7. The van der Waals surface area contributed by atoms with Crippen LogP contribution in [0.2, 0.25) is 0 Å². The van der Waals surface area contributed by atoms with Crippen LogP contribution in [-0.4, -0.2) is 21.8 Å². The van der Waals surface area contributed by atoms with Crippen molar-refractivity contribution in [1.29, 1.82) is 0 Å². The van der Waals surface area contributed by atoms with Crippen LogP contribution in [0.4, 0.5) is 0 Å². The van der Waals surface area contributed by atoms with E-state index in [-0.39, 0.29) is 5.91 Å². The molecule has 2 aromatic heterocycles. The molecule has 0 radical (unpaired) electrons. The number of imidazole rings is 1. The molecule has 3 rings (SSSR count). The van der Waals surface area contributed by atoms with Crippen molar-refractivity contribution in [1.82, 2.24) is 14.7 Å². The SMILES string of the molecule is Cc1ccc(CCCC(=O)NCCc2cn3ccccc3n2)cc1. The predicted octanol–water partition coefficient (Wildman–Crippen LogP) is 3.32. The summed E-state index contributed by atoms with van der Waals surface area (Å²) in [5, 5.41) is 2.98. The molecule has 1 N–H and O–H groups in total. The van der Waals surface area contributed by atoms with Crippen LogP contribution in [0.1, 0.15) is 29.7 Å². The molecule has 0 aliphatic heterocycles. The van der Waals surface area contributed by atoms with Gasteiger partial charge in [-0.15, -0.1) is 0 Å². The molecule has 124 valence electrons. The molecule has 0 saturated heterocycles. The monoisotopic (exact) mass is 321 g/mol. The number of carbonyl (C=O) groups is 1. The molecule has 4 nitrogen and oxygen atoms in total. The van der Waals surface area contributed by atoms with Gasteiger partial charge >= 0.3 is 0 Å². The number of hydrogen-bond donors (Lipinski definition) is 1. The van der Waals surface area contributed by atoms with E-state index in [0.29, 0.717) is 13.0 Å². The molecular weight excluding hydrogens is 298 g/mol. The van der Waals surface area contributed by atoms with Crippen molar-refractivity contribution in [2.45, 2.75) is 32.6 Å². The number of nitrogens with zero attached hydrogens (tertiary/aromatic N) is 2. The van der Waals surface area contributed by atoms with Crippen LogP contribution < -0.4 is 5.32 Å². The average molecular weight is 321 g/mol. The molecule has 0 saturated carbocycles. The summed E-state index contributed by atoms with van der Waals surface area (Å²) in [7, 11) is 0. The zero-order chi connectivity index (χ0) is 16.8. The minimum absolute atomic E-state index is 0.117. The summed E-state index contributed by atoms with van der Waals surface area (Å²) in [5.74, 6) is 0.117. The molecule has 0 spiro atoms. The van der Waals surface area contributed by atoms with Gasteiger partial charge in [-0.3, -0.25) is 4.79 Å². The van der Waals surface area contributed by atoms with Gasteiger partial charge < -0.3 is 9.72 Å². The number of aromatic nitrogens is 2. The van der Waals surface area contributed by atoms with Crippen molar-refractivity contribution >= 4 is 11.6 Å². The Morgan fingerprint density at radius 1 is 1.12 bits per heavy atom. The van der Waals surface area contributed by atoms with E-state index in [1.54, 1.807) is 0 Å². The van der Waals surface area contributed by atoms with Gasteiger partial charge in [-0.1, -0.05) is 35.9 Å². The molecule has 2 heterocycles. The summed E-state index contributed by atoms with van der Waals surface area (Å²) in [5.41, 5.74) is 4.50. The lowest BCUT2D eigenvalue weighted by Crippen LogP contribution is -2.25. The fourth-order valence-electron chi connectivity index (χ4n) is 2.73. The smallest absolute Gasteiger partial charge is 0.220 e. The summed E-state index contributed by atoms with van der Waals surface area (Å²) >= 11 is 0. The van der Waals surface area contributed by atoms with Crippen molar-refractivity contribution < 1.29 is 4.79 Å². The van der Waals surface area contributed by atoms with Gasteiger partial charge in [0, 0.05) is 31.8 Å². The fraction of sp³-hybridized carbons (Fsp3) is 0.300. The number of aryl methyl sites for hydroxylation is 2. The first-order valence-electron chi connectivity index (χ1n) is 8.45. The quantitative estimate of drug-likeness (QED) is 0.725. The van der Waals surface area contributed by atoms with E-state index >= 15 is 0 Å². The van der Waals surface area contributed by atoms with E-state index in [4.69, 9.17) is 0 Å². The Morgan fingerprint density at radius 3 is 2.75 bits per heavy atom. The van der Waals surface area contributed by atoms with Crippen LogP contribution in [0.15, 0.2) is 54.9 Å². The van der Waals surface area contributed by atoms with Crippen LogP contribution in [-0.2, 0) is 17.6 Å². The van der Waals surface area contributed by atoms with E-state index in [2.05, 4.69) is 41.5 Å². The highest BCUT2D eigenvalue weighted by atomic mass is 16.1. The third kappa shape index (κ3) is 4.44. The van der Waals surface area contributed by atoms with Crippen LogP contribution >= 0.6 is 0 Å². The summed E-state index contributed by atoms with van der Waals surface area (Å²) in [6.07, 6.45) is 7.14. The molecule has 0 atom stereocenters. The molecule has 24 heavy (non-hydrogen) atoms. The summed E-state index contributed by atoms with van der Waals surface area (Å²) in [4.78, 5) is 16.4. The Bertz CT molecular complexity index is 772. The van der Waals surface area contributed by atoms with Gasteiger partial charge in [-0.2, -0.15) is 0 Å². The number of hydrogen-bond acceptors (Lipinski definition) is 2. The Kier molecular flexibility index (Phi) is 5.26. The normalized spacial score (nSPS) is 10.9. The molecule has 1 aromatic carbocycles. The predicted molar refractivity (Wildman–Crippen MR) is 96.0 cm³/mol. The van der Waals surface area contributed by atoms with E-state index in [0.717, 1.165) is 30.6 Å². The van der Waals surface area contributed by atoms with Gasteiger partial charge in [0.2, 0.25) is 5.91 Å². The molecule has 0 fully saturated rings. The minimum atomic E-state index is 0.117. The fourth-order valence-corrected chi connectivity index (χ4v) is 2.73. The first kappa shape index (κ1) is 16.2. The number of benzene rings is 1. The number of carbonyl (C=O) groups excluding carboxylic acids is 1. The van der Waals surface area contributed by atoms with Crippen LogP contribution in [0.3, 0.4) is 0 Å². The van der Waals surface area contributed by atoms with Crippen molar-refractivity contribution in [3.63, 3.8) is 0 Å². The minimum Gasteiger partial charge on any atom is -0.356 e. The second-order valence-corrected chi connectivity index (χ2v) is 6.14. The highest BCUT2D eigenvalue weighted by Crippen LogP contribution is 2.07. The Labute approximate surface area is 142 Å². The molecule has 0 unspecified atom stereocenters. The van der Waals surface area contributed by atoms with Gasteiger partial charge in [0.1, 0.15) is 5.65 Å². The maximum atomic E-state index is 11.9. The number of amides is 1. The zero-order valence-corrected chi connectivity index (χ0v) is 14.0. The molecule has 3 aromatic rings. The number of nitrogens with one attached hydrogen (secondary N) is 1. The lowest BCUT2D eigenvalue weighted by Gasteiger charge is -2.04. The lowest BCUT2D eigenvalue weighted by molar-refractivity contribution is -0.121. The topological polar surface area (TPSA) is 46.4 Å². The van der Waals surface area contributed by atoms with Gasteiger partial charge in [-0.25, -0.2) is 4.98 Å². The maximum Gasteiger partial charge on any atom is 0.220 e. The first-order valence-corrected chi connectivity index (χ1v) is 8.45. The largest absolute Gasteiger partial charge is 0.356 e. The second kappa shape index (κ2) is 7.77. The van der Waals surface area contributed by atoms with Gasteiger partial charge in [-0.05, 0) is 37.5 Å². The molecule has 4 heteroatoms. The van der Waals surface area contributed by atoms with Crippen molar-refractivity contribution in [2.24, 2.45) is 0 Å². The van der Waals surface area contributed by atoms with Crippen molar-refractivity contribution in [2.75, 3.05) is 6.54 Å². The third-order valence-electron chi connectivity index (χ3n) is 4.11. The lowest BCUT2D eigenvalue weighted by atomic mass is 10.1. The second-order valence-electron chi connectivity index (χ2n) is 6.14. The summed E-state index contributed by atoms with van der Waals surface area (Å²) < 4.78 is 2.00. The number of fused-ring (bicyclic) bond motifs is 1. The maximum absolute atomic E-state index is 11.9. The Balaban J connectivity index is 1.37. The van der Waals surface area contributed by atoms with Gasteiger partial charge in [0.05, 0.1) is 5.69 Å². The Hall–Kier alpha value is -2.62. The number of rotatable bonds is 7. The molecule has 0 aliphatic carbocycles. The third-order valence-corrected chi connectivity index (χ3v) is 4.11. The highest BCUT2D eigenvalue weighted by molar-refractivity contribution is 5.75. The van der Waals surface area contributed by atoms with E-state index < -0.39 is 0 Å². The van der Waals surface area contributed by atoms with Crippen LogP contribution in [0, 0.1) is 6.92 Å². The van der Waals surface area contributed by atoms with Crippen LogP contribution in [0.5, 0.6) is 0 Å². The summed E-state index contributed by atoms with van der Waals surface area (Å²) in [6, 6.07) is 14.4. The molecule has 0 aliphatic rings. The average Bonchev–Trinajstić information content (AvgIpc) is 2.99. The highest BCUT2D eigenvalue weighted by Gasteiger charge is 2.04. The van der Waals surface area contributed by atoms with Crippen molar-refractivity contribution in [3.05, 3.63) is 71.7 Å². The number of pyridine rings is 1.